The molecule has 0 bridgehead atoms. The number of nitrogens with zero attached hydrogens (tertiary/aromatic N) is 1. The lowest BCUT2D eigenvalue weighted by atomic mass is 10.3. The van der Waals surface area contributed by atoms with Crippen LogP contribution in [0, 0.1) is 0 Å². The minimum atomic E-state index is -0.489. The molecule has 0 unspecified atom stereocenters. The summed E-state index contributed by atoms with van der Waals surface area (Å²) < 4.78 is 5.41. The average molecular weight is 285 g/mol. The van der Waals surface area contributed by atoms with Crippen LogP contribution in [0.25, 0.3) is 0 Å². The summed E-state index contributed by atoms with van der Waals surface area (Å²) in [6.07, 6.45) is 2.85. The number of hydrogen-bond donors (Lipinski definition) is 2. The molecule has 0 spiro atoms. The van der Waals surface area contributed by atoms with Gasteiger partial charge in [0.2, 0.25) is 0 Å². The van der Waals surface area contributed by atoms with E-state index in [4.69, 9.17) is 4.74 Å². The Labute approximate surface area is 121 Å². The maximum atomic E-state index is 11.9. The minimum Gasteiger partial charge on any atom is -0.379 e. The summed E-state index contributed by atoms with van der Waals surface area (Å²) in [6.45, 7) is 8.13. The predicted octanol–water partition coefficient (Wildman–Crippen LogP) is 0.130. The third-order valence-electron chi connectivity index (χ3n) is 3.13. The molecule has 0 aromatic carbocycles. The first-order chi connectivity index (χ1) is 9.61. The molecule has 1 saturated heterocycles. The van der Waals surface area contributed by atoms with Gasteiger partial charge in [0.05, 0.1) is 6.10 Å². The van der Waals surface area contributed by atoms with E-state index in [0.29, 0.717) is 26.2 Å². The third kappa shape index (κ3) is 6.86. The number of carbonyl (C=O) groups is 2. The fraction of sp³-hybridized carbons (Fsp3) is 0.857. The fourth-order valence-electron chi connectivity index (χ4n) is 2.02. The third-order valence-corrected chi connectivity index (χ3v) is 3.13. The second-order valence-corrected chi connectivity index (χ2v) is 5.28. The molecule has 1 aliphatic rings. The van der Waals surface area contributed by atoms with Crippen molar-refractivity contribution in [1.82, 2.24) is 15.5 Å². The van der Waals surface area contributed by atoms with Gasteiger partial charge >= 0.3 is 11.8 Å². The molecule has 0 atom stereocenters. The molecule has 6 heteroatoms. The molecule has 20 heavy (non-hydrogen) atoms. The normalized spacial score (nSPS) is 16.1. The predicted molar refractivity (Wildman–Crippen MR) is 77.4 cm³/mol. The zero-order chi connectivity index (χ0) is 14.8. The van der Waals surface area contributed by atoms with Gasteiger partial charge in [-0.1, -0.05) is 0 Å². The highest BCUT2D eigenvalue weighted by Gasteiger charge is 2.21. The largest absolute Gasteiger partial charge is 0.379 e. The fourth-order valence-corrected chi connectivity index (χ4v) is 2.02. The Bertz CT molecular complexity index is 300. The zero-order valence-electron chi connectivity index (χ0n) is 12.6. The number of amides is 2. The molecule has 1 fully saturated rings. The van der Waals surface area contributed by atoms with Crippen molar-refractivity contribution in [3.05, 3.63) is 0 Å². The van der Waals surface area contributed by atoms with Crippen molar-refractivity contribution in [2.24, 2.45) is 0 Å². The number of ether oxygens (including phenoxy) is 1. The van der Waals surface area contributed by atoms with Gasteiger partial charge in [-0.2, -0.15) is 0 Å². The summed E-state index contributed by atoms with van der Waals surface area (Å²) in [5.74, 6) is -0.899. The van der Waals surface area contributed by atoms with Crippen LogP contribution in [-0.2, 0) is 14.3 Å². The monoisotopic (exact) mass is 285 g/mol. The number of carbonyl (C=O) groups excluding carboxylic acids is 2. The molecule has 2 amide bonds. The molecule has 1 rings (SSSR count). The summed E-state index contributed by atoms with van der Waals surface area (Å²) in [4.78, 5) is 25.3. The Morgan fingerprint density at radius 3 is 2.80 bits per heavy atom. The molecule has 1 aliphatic heterocycles. The Morgan fingerprint density at radius 1 is 1.25 bits per heavy atom. The van der Waals surface area contributed by atoms with Crippen LogP contribution in [0.2, 0.25) is 0 Å². The van der Waals surface area contributed by atoms with Gasteiger partial charge in [-0.05, 0) is 39.7 Å². The SMILES string of the molecule is CC(C)OCCCCNC(=O)C(=O)N1CCCNCC1. The molecule has 0 aliphatic carbocycles. The van der Waals surface area contributed by atoms with Gasteiger partial charge in [-0.15, -0.1) is 0 Å². The molecule has 6 nitrogen and oxygen atoms in total. The highest BCUT2D eigenvalue weighted by Crippen LogP contribution is 1.97. The standard InChI is InChI=1S/C14H27N3O3/c1-12(2)20-11-4-3-7-16-13(18)14(19)17-9-5-6-15-8-10-17/h12,15H,3-11H2,1-2H3,(H,16,18). The zero-order valence-corrected chi connectivity index (χ0v) is 12.6. The number of hydrogen-bond acceptors (Lipinski definition) is 4. The quantitative estimate of drug-likeness (QED) is 0.537. The van der Waals surface area contributed by atoms with Crippen LogP contribution in [-0.4, -0.2) is 62.1 Å². The highest BCUT2D eigenvalue weighted by molar-refractivity contribution is 6.35. The van der Waals surface area contributed by atoms with Crippen LogP contribution >= 0.6 is 0 Å². The summed E-state index contributed by atoms with van der Waals surface area (Å²) >= 11 is 0. The van der Waals surface area contributed by atoms with Gasteiger partial charge in [-0.25, -0.2) is 0 Å². The lowest BCUT2D eigenvalue weighted by Crippen LogP contribution is -2.44. The second-order valence-electron chi connectivity index (χ2n) is 5.28. The van der Waals surface area contributed by atoms with Crippen LogP contribution < -0.4 is 10.6 Å². The summed E-state index contributed by atoms with van der Waals surface area (Å²) in [7, 11) is 0. The van der Waals surface area contributed by atoms with E-state index in [-0.39, 0.29) is 6.10 Å². The van der Waals surface area contributed by atoms with Gasteiger partial charge in [0.25, 0.3) is 0 Å². The Hall–Kier alpha value is -1.14. The number of nitrogens with one attached hydrogen (secondary N) is 2. The molecule has 0 radical (unpaired) electrons. The van der Waals surface area contributed by atoms with Crippen molar-refractivity contribution < 1.29 is 14.3 Å². The minimum absolute atomic E-state index is 0.239. The smallest absolute Gasteiger partial charge is 0.311 e. The maximum Gasteiger partial charge on any atom is 0.311 e. The molecule has 0 aromatic heterocycles. The van der Waals surface area contributed by atoms with E-state index >= 15 is 0 Å². The van der Waals surface area contributed by atoms with Crippen LogP contribution in [0.4, 0.5) is 0 Å². The highest BCUT2D eigenvalue weighted by atomic mass is 16.5. The van der Waals surface area contributed by atoms with Gasteiger partial charge in [0, 0.05) is 32.8 Å². The lowest BCUT2D eigenvalue weighted by Gasteiger charge is -2.19. The summed E-state index contributed by atoms with van der Waals surface area (Å²) in [5.41, 5.74) is 0. The number of rotatable bonds is 6. The molecular formula is C14H27N3O3. The second kappa shape index (κ2) is 9.72. The van der Waals surface area contributed by atoms with Crippen LogP contribution in [0.5, 0.6) is 0 Å². The van der Waals surface area contributed by atoms with Crippen LogP contribution in [0.3, 0.4) is 0 Å². The van der Waals surface area contributed by atoms with E-state index in [1.54, 1.807) is 4.90 Å². The van der Waals surface area contributed by atoms with Gasteiger partial charge in [-0.3, -0.25) is 9.59 Å². The van der Waals surface area contributed by atoms with E-state index in [1.807, 2.05) is 13.8 Å². The number of unbranched alkanes of at least 4 members (excludes halogenated alkanes) is 1. The molecular weight excluding hydrogens is 258 g/mol. The summed E-state index contributed by atoms with van der Waals surface area (Å²) in [5, 5.41) is 5.89. The van der Waals surface area contributed by atoms with Crippen molar-refractivity contribution in [3.8, 4) is 0 Å². The Kier molecular flexibility index (Phi) is 8.22. The molecule has 0 aromatic rings. The molecule has 0 saturated carbocycles. The maximum absolute atomic E-state index is 11.9. The summed E-state index contributed by atoms with van der Waals surface area (Å²) in [6, 6.07) is 0. The molecule has 116 valence electrons. The van der Waals surface area contributed by atoms with E-state index in [9.17, 15) is 9.59 Å². The Balaban J connectivity index is 2.13. The molecule has 1 heterocycles. The topological polar surface area (TPSA) is 70.7 Å². The first kappa shape index (κ1) is 16.9. The van der Waals surface area contributed by atoms with Crippen LogP contribution in [0.15, 0.2) is 0 Å². The lowest BCUT2D eigenvalue weighted by molar-refractivity contribution is -0.145. The van der Waals surface area contributed by atoms with Gasteiger partial charge < -0.3 is 20.3 Å². The van der Waals surface area contributed by atoms with E-state index < -0.39 is 11.8 Å². The van der Waals surface area contributed by atoms with Crippen molar-refractivity contribution >= 4 is 11.8 Å². The van der Waals surface area contributed by atoms with Crippen molar-refractivity contribution in [3.63, 3.8) is 0 Å². The molecule has 2 N–H and O–H groups in total. The van der Waals surface area contributed by atoms with Crippen molar-refractivity contribution in [2.75, 3.05) is 39.3 Å². The van der Waals surface area contributed by atoms with Gasteiger partial charge in [0.15, 0.2) is 0 Å². The first-order valence-corrected chi connectivity index (χ1v) is 7.50. The Morgan fingerprint density at radius 2 is 2.05 bits per heavy atom. The van der Waals surface area contributed by atoms with Gasteiger partial charge in [0.1, 0.15) is 0 Å². The van der Waals surface area contributed by atoms with Crippen molar-refractivity contribution in [1.29, 1.82) is 0 Å². The van der Waals surface area contributed by atoms with Crippen LogP contribution in [0.1, 0.15) is 33.1 Å². The van der Waals surface area contributed by atoms with Crippen molar-refractivity contribution in [2.45, 2.75) is 39.2 Å². The first-order valence-electron chi connectivity index (χ1n) is 7.50. The average Bonchev–Trinajstić information content (AvgIpc) is 2.70. The van der Waals surface area contributed by atoms with E-state index in [1.165, 1.54) is 0 Å². The van der Waals surface area contributed by atoms with E-state index in [2.05, 4.69) is 10.6 Å². The van der Waals surface area contributed by atoms with E-state index in [0.717, 1.165) is 32.4 Å².